The Morgan fingerprint density at radius 3 is 2.75 bits per heavy atom. The molecule has 0 unspecified atom stereocenters. The van der Waals surface area contributed by atoms with Crippen LogP contribution in [0.4, 0.5) is 4.79 Å². The first-order chi connectivity index (χ1) is 5.74. The van der Waals surface area contributed by atoms with Gasteiger partial charge in [-0.05, 0) is 6.42 Å². The first-order valence-corrected chi connectivity index (χ1v) is 3.97. The zero-order chi connectivity index (χ0) is 8.97. The lowest BCUT2D eigenvalue weighted by Crippen LogP contribution is -2.32. The van der Waals surface area contributed by atoms with Crippen molar-refractivity contribution in [3.05, 3.63) is 0 Å². The topological polar surface area (TPSA) is 67.4 Å². The number of amides is 3. The number of nitrogens with one attached hydrogen (secondary N) is 2. The number of imide groups is 1. The summed E-state index contributed by atoms with van der Waals surface area (Å²) < 4.78 is 5.08. The Morgan fingerprint density at radius 2 is 2.25 bits per heavy atom. The molecule has 0 aromatic carbocycles. The number of rotatable bonds is 4. The highest BCUT2D eigenvalue weighted by molar-refractivity contribution is 6.03. The predicted octanol–water partition coefficient (Wildman–Crippen LogP) is -0.0314. The third kappa shape index (κ3) is 2.20. The van der Waals surface area contributed by atoms with Crippen LogP contribution in [0, 0.1) is 0 Å². The number of carbonyl (C=O) groups is 2. The molecule has 1 aliphatic rings. The molecule has 1 saturated heterocycles. The van der Waals surface area contributed by atoms with Gasteiger partial charge in [-0.3, -0.25) is 10.1 Å². The van der Waals surface area contributed by atoms with E-state index in [9.17, 15) is 9.59 Å². The van der Waals surface area contributed by atoms with E-state index in [4.69, 9.17) is 4.74 Å². The van der Waals surface area contributed by atoms with E-state index in [-0.39, 0.29) is 0 Å². The van der Waals surface area contributed by atoms with Gasteiger partial charge in [-0.15, -0.1) is 0 Å². The largest absolute Gasteiger partial charge is 0.349 e. The average Bonchev–Trinajstić information content (AvgIpc) is 2.31. The van der Waals surface area contributed by atoms with Crippen LogP contribution in [0.25, 0.3) is 0 Å². The fraction of sp³-hybridized carbons (Fsp3) is 0.714. The summed E-state index contributed by atoms with van der Waals surface area (Å²) in [6.07, 6.45) is 1.10. The van der Waals surface area contributed by atoms with Crippen LogP contribution in [0.15, 0.2) is 0 Å². The molecule has 5 nitrogen and oxygen atoms in total. The summed E-state index contributed by atoms with van der Waals surface area (Å²) in [5, 5.41) is 4.42. The fourth-order valence-corrected chi connectivity index (χ4v) is 0.861. The molecule has 12 heavy (non-hydrogen) atoms. The fourth-order valence-electron chi connectivity index (χ4n) is 0.861. The van der Waals surface area contributed by atoms with E-state index in [1.54, 1.807) is 0 Å². The van der Waals surface area contributed by atoms with Crippen LogP contribution in [-0.2, 0) is 9.53 Å². The molecule has 0 aliphatic carbocycles. The molecule has 0 bridgehead atoms. The van der Waals surface area contributed by atoms with Crippen molar-refractivity contribution in [2.75, 3.05) is 6.61 Å². The van der Waals surface area contributed by atoms with Crippen molar-refractivity contribution in [1.29, 1.82) is 0 Å². The number of ether oxygens (including phenoxy) is 1. The molecule has 0 saturated carbocycles. The molecule has 0 aromatic rings. The highest BCUT2D eigenvalue weighted by Gasteiger charge is 2.29. The zero-order valence-corrected chi connectivity index (χ0v) is 6.92. The van der Waals surface area contributed by atoms with Crippen molar-refractivity contribution in [2.24, 2.45) is 0 Å². The van der Waals surface area contributed by atoms with E-state index in [2.05, 4.69) is 10.6 Å². The Labute approximate surface area is 70.5 Å². The van der Waals surface area contributed by atoms with Gasteiger partial charge in [-0.2, -0.15) is 0 Å². The van der Waals surface area contributed by atoms with Crippen molar-refractivity contribution >= 4 is 11.9 Å². The standard InChI is InChI=1S/C7H12N2O3/c1-2-3-4-12-6-5(10)8-7(11)9-6/h6H,2-4H2,1H3,(H2,8,9,10,11)/t6-/m0/s1. The summed E-state index contributed by atoms with van der Waals surface area (Å²) in [5.74, 6) is -0.406. The Bertz CT molecular complexity index is 193. The quantitative estimate of drug-likeness (QED) is 0.462. The highest BCUT2D eigenvalue weighted by Crippen LogP contribution is 1.97. The van der Waals surface area contributed by atoms with E-state index in [0.717, 1.165) is 12.8 Å². The maximum atomic E-state index is 10.9. The number of hydrogen-bond acceptors (Lipinski definition) is 3. The second kappa shape index (κ2) is 4.06. The lowest BCUT2D eigenvalue weighted by molar-refractivity contribution is -0.130. The van der Waals surface area contributed by atoms with Gasteiger partial charge in [0, 0.05) is 6.61 Å². The summed E-state index contributed by atoms with van der Waals surface area (Å²) in [5.41, 5.74) is 0. The summed E-state index contributed by atoms with van der Waals surface area (Å²) in [6.45, 7) is 2.52. The summed E-state index contributed by atoms with van der Waals surface area (Å²) >= 11 is 0. The molecule has 1 fully saturated rings. The van der Waals surface area contributed by atoms with Crippen molar-refractivity contribution < 1.29 is 14.3 Å². The van der Waals surface area contributed by atoms with Gasteiger partial charge in [0.05, 0.1) is 0 Å². The average molecular weight is 172 g/mol. The van der Waals surface area contributed by atoms with Crippen molar-refractivity contribution in [2.45, 2.75) is 26.0 Å². The minimum Gasteiger partial charge on any atom is -0.349 e. The molecule has 1 aliphatic heterocycles. The molecular weight excluding hydrogens is 160 g/mol. The number of carbonyl (C=O) groups excluding carboxylic acids is 2. The van der Waals surface area contributed by atoms with E-state index in [1.807, 2.05) is 6.92 Å². The number of unbranched alkanes of at least 4 members (excludes halogenated alkanes) is 1. The molecule has 0 spiro atoms. The van der Waals surface area contributed by atoms with Crippen molar-refractivity contribution in [1.82, 2.24) is 10.6 Å². The SMILES string of the molecule is CCCCO[C@@H]1NC(=O)NC1=O. The van der Waals surface area contributed by atoms with Crippen LogP contribution >= 0.6 is 0 Å². The van der Waals surface area contributed by atoms with Crippen LogP contribution in [0.5, 0.6) is 0 Å². The maximum absolute atomic E-state index is 10.9. The van der Waals surface area contributed by atoms with Gasteiger partial charge in [0.25, 0.3) is 5.91 Å². The van der Waals surface area contributed by atoms with E-state index in [1.165, 1.54) is 0 Å². The first kappa shape index (κ1) is 8.99. The maximum Gasteiger partial charge on any atom is 0.323 e. The predicted molar refractivity (Wildman–Crippen MR) is 41.3 cm³/mol. The molecule has 3 amide bonds. The van der Waals surface area contributed by atoms with Gasteiger partial charge < -0.3 is 10.1 Å². The first-order valence-electron chi connectivity index (χ1n) is 3.97. The van der Waals surface area contributed by atoms with Crippen LogP contribution < -0.4 is 10.6 Å². The normalized spacial score (nSPS) is 22.2. The van der Waals surface area contributed by atoms with Gasteiger partial charge in [-0.25, -0.2) is 4.79 Å². The van der Waals surface area contributed by atoms with Crippen molar-refractivity contribution in [3.8, 4) is 0 Å². The van der Waals surface area contributed by atoms with Crippen molar-refractivity contribution in [3.63, 3.8) is 0 Å². The van der Waals surface area contributed by atoms with Crippen LogP contribution in [0.3, 0.4) is 0 Å². The molecule has 2 N–H and O–H groups in total. The second-order valence-corrected chi connectivity index (χ2v) is 2.57. The molecule has 1 rings (SSSR count). The third-order valence-electron chi connectivity index (χ3n) is 1.52. The van der Waals surface area contributed by atoms with E-state index >= 15 is 0 Å². The van der Waals surface area contributed by atoms with Gasteiger partial charge in [-0.1, -0.05) is 13.3 Å². The Kier molecular flexibility index (Phi) is 3.04. The van der Waals surface area contributed by atoms with Gasteiger partial charge in [0.15, 0.2) is 0 Å². The highest BCUT2D eigenvalue weighted by atomic mass is 16.5. The molecule has 68 valence electrons. The smallest absolute Gasteiger partial charge is 0.323 e. The lowest BCUT2D eigenvalue weighted by atomic mass is 10.4. The zero-order valence-electron chi connectivity index (χ0n) is 6.92. The van der Waals surface area contributed by atoms with Gasteiger partial charge >= 0.3 is 6.03 Å². The molecule has 1 atom stereocenters. The summed E-state index contributed by atoms with van der Waals surface area (Å²) in [4.78, 5) is 21.4. The molecule has 0 aromatic heterocycles. The minimum atomic E-state index is -0.788. The lowest BCUT2D eigenvalue weighted by Gasteiger charge is -2.07. The number of urea groups is 1. The molecule has 1 heterocycles. The molecular formula is C7H12N2O3. The third-order valence-corrected chi connectivity index (χ3v) is 1.52. The Balaban J connectivity index is 2.24. The van der Waals surface area contributed by atoms with Gasteiger partial charge in [0.2, 0.25) is 6.23 Å². The molecule has 5 heteroatoms. The second-order valence-electron chi connectivity index (χ2n) is 2.57. The summed E-state index contributed by atoms with van der Waals surface area (Å²) in [6, 6.07) is -0.485. The Hall–Kier alpha value is -1.10. The van der Waals surface area contributed by atoms with Crippen LogP contribution in [0.1, 0.15) is 19.8 Å². The Morgan fingerprint density at radius 1 is 1.50 bits per heavy atom. The van der Waals surface area contributed by atoms with Crippen LogP contribution in [0.2, 0.25) is 0 Å². The summed E-state index contributed by atoms with van der Waals surface area (Å²) in [7, 11) is 0. The minimum absolute atomic E-state index is 0.406. The number of hydrogen-bond donors (Lipinski definition) is 2. The van der Waals surface area contributed by atoms with E-state index < -0.39 is 18.2 Å². The monoisotopic (exact) mass is 172 g/mol. The molecule has 0 radical (unpaired) electrons. The van der Waals surface area contributed by atoms with E-state index in [0.29, 0.717) is 6.61 Å². The van der Waals surface area contributed by atoms with Crippen LogP contribution in [-0.4, -0.2) is 24.8 Å². The van der Waals surface area contributed by atoms with Gasteiger partial charge in [0.1, 0.15) is 0 Å².